The van der Waals surface area contributed by atoms with Gasteiger partial charge in [0, 0.05) is 18.2 Å². The maximum atomic E-state index is 13.3. The molecule has 0 bridgehead atoms. The van der Waals surface area contributed by atoms with Crippen LogP contribution in [0.3, 0.4) is 0 Å². The van der Waals surface area contributed by atoms with Gasteiger partial charge in [-0.1, -0.05) is 42.5 Å². The Bertz CT molecular complexity index is 1420. The van der Waals surface area contributed by atoms with E-state index in [9.17, 15) is 19.8 Å². The Morgan fingerprint density at radius 3 is 2.62 bits per heavy atom. The first-order chi connectivity index (χ1) is 15.6. The number of para-hydroxylation sites is 1. The van der Waals surface area contributed by atoms with Crippen LogP contribution in [0.4, 0.5) is 0 Å². The number of aromatic nitrogens is 1. The van der Waals surface area contributed by atoms with Crippen molar-refractivity contribution in [3.63, 3.8) is 0 Å². The van der Waals surface area contributed by atoms with Crippen LogP contribution in [0.1, 0.15) is 30.0 Å². The molecular formula is C26H19NO5. The molecule has 1 aromatic carbocycles. The molecule has 6 heteroatoms. The first-order valence-electron chi connectivity index (χ1n) is 10.2. The van der Waals surface area contributed by atoms with Gasteiger partial charge in [0.05, 0.1) is 28.1 Å². The zero-order valence-electron chi connectivity index (χ0n) is 17.0. The lowest BCUT2D eigenvalue weighted by Crippen LogP contribution is -2.25. The number of rotatable bonds is 3. The second-order valence-corrected chi connectivity index (χ2v) is 7.69. The fraction of sp³-hybridized carbons (Fsp3) is 0.115. The Balaban J connectivity index is 1.82. The van der Waals surface area contributed by atoms with E-state index in [1.807, 2.05) is 18.2 Å². The quantitative estimate of drug-likeness (QED) is 0.594. The molecule has 0 amide bonds. The number of Topliss-reactive ketones (excluding diaryl/α,β-unsaturated/α-hetero) is 1. The monoisotopic (exact) mass is 425 g/mol. The number of nitrogens with zero attached hydrogens (tertiary/aromatic N) is 1. The van der Waals surface area contributed by atoms with Gasteiger partial charge in [-0.3, -0.25) is 9.78 Å². The number of hydrogen-bond donors (Lipinski definition) is 2. The van der Waals surface area contributed by atoms with Crippen LogP contribution < -0.4 is 5.63 Å². The van der Waals surface area contributed by atoms with Crippen LogP contribution >= 0.6 is 0 Å². The fourth-order valence-electron chi connectivity index (χ4n) is 4.33. The fourth-order valence-corrected chi connectivity index (χ4v) is 4.33. The van der Waals surface area contributed by atoms with E-state index in [0.717, 1.165) is 5.57 Å². The van der Waals surface area contributed by atoms with Crippen molar-refractivity contribution in [2.45, 2.75) is 18.8 Å². The van der Waals surface area contributed by atoms with Gasteiger partial charge in [-0.15, -0.1) is 0 Å². The van der Waals surface area contributed by atoms with E-state index in [-0.39, 0.29) is 40.4 Å². The van der Waals surface area contributed by atoms with E-state index in [1.165, 1.54) is 6.20 Å². The average molecular weight is 425 g/mol. The van der Waals surface area contributed by atoms with Crippen LogP contribution in [-0.2, 0) is 4.79 Å². The highest BCUT2D eigenvalue weighted by Crippen LogP contribution is 2.43. The van der Waals surface area contributed by atoms with Gasteiger partial charge < -0.3 is 14.6 Å². The summed E-state index contributed by atoms with van der Waals surface area (Å²) in [5.41, 5.74) is 1.06. The molecule has 0 fully saturated rings. The average Bonchev–Trinajstić information content (AvgIpc) is 3.04. The predicted molar refractivity (Wildman–Crippen MR) is 119 cm³/mol. The van der Waals surface area contributed by atoms with Crippen molar-refractivity contribution < 1.29 is 19.4 Å². The summed E-state index contributed by atoms with van der Waals surface area (Å²) < 4.78 is 5.47. The van der Waals surface area contributed by atoms with E-state index >= 15 is 0 Å². The number of hydrogen-bond acceptors (Lipinski definition) is 6. The standard InChI is InChI=1S/C26H19NO5/c28-19-14-15-8-2-1-3-9-16(15)24(29)22(19)21(18-11-6-7-13-27-18)23-25(30)17-10-4-5-12-20(17)32-26(23)31/h1-8,10-13,21,29-30H,9,14H2. The third-order valence-electron chi connectivity index (χ3n) is 5.83. The van der Waals surface area contributed by atoms with Crippen molar-refractivity contribution in [1.82, 2.24) is 4.98 Å². The van der Waals surface area contributed by atoms with E-state index in [4.69, 9.17) is 4.42 Å². The van der Waals surface area contributed by atoms with E-state index in [1.54, 1.807) is 48.5 Å². The highest BCUT2D eigenvalue weighted by Gasteiger charge is 2.37. The van der Waals surface area contributed by atoms with Crippen molar-refractivity contribution in [1.29, 1.82) is 0 Å². The Morgan fingerprint density at radius 2 is 1.81 bits per heavy atom. The molecule has 3 aromatic rings. The second-order valence-electron chi connectivity index (χ2n) is 7.69. The topological polar surface area (TPSA) is 101 Å². The molecule has 2 heterocycles. The largest absolute Gasteiger partial charge is 0.507 e. The van der Waals surface area contributed by atoms with Crippen molar-refractivity contribution in [2.24, 2.45) is 0 Å². The molecule has 0 radical (unpaired) electrons. The van der Waals surface area contributed by atoms with Gasteiger partial charge in [0.1, 0.15) is 17.1 Å². The molecule has 32 heavy (non-hydrogen) atoms. The lowest BCUT2D eigenvalue weighted by atomic mass is 9.78. The van der Waals surface area contributed by atoms with Crippen LogP contribution in [0, 0.1) is 0 Å². The summed E-state index contributed by atoms with van der Waals surface area (Å²) >= 11 is 0. The number of fused-ring (bicyclic) bond motifs is 1. The Hall–Kier alpha value is -4.19. The summed E-state index contributed by atoms with van der Waals surface area (Å²) in [4.78, 5) is 30.7. The zero-order chi connectivity index (χ0) is 22.2. The predicted octanol–water partition coefficient (Wildman–Crippen LogP) is 4.62. The summed E-state index contributed by atoms with van der Waals surface area (Å²) in [6.45, 7) is 0. The number of carbonyl (C=O) groups is 1. The maximum Gasteiger partial charge on any atom is 0.344 e. The third-order valence-corrected chi connectivity index (χ3v) is 5.83. The Labute approximate surface area is 183 Å². The molecule has 2 N–H and O–H groups in total. The minimum atomic E-state index is -1.09. The molecule has 2 aromatic heterocycles. The van der Waals surface area contributed by atoms with Crippen LogP contribution in [0.25, 0.3) is 11.0 Å². The lowest BCUT2D eigenvalue weighted by molar-refractivity contribution is -0.115. The van der Waals surface area contributed by atoms with Crippen LogP contribution in [-0.4, -0.2) is 21.0 Å². The Kier molecular flexibility index (Phi) is 4.82. The van der Waals surface area contributed by atoms with Gasteiger partial charge in [-0.25, -0.2) is 4.79 Å². The summed E-state index contributed by atoms with van der Waals surface area (Å²) in [7, 11) is 0. The molecule has 5 rings (SSSR count). The van der Waals surface area contributed by atoms with Crippen LogP contribution in [0.5, 0.6) is 5.75 Å². The van der Waals surface area contributed by atoms with Crippen molar-refractivity contribution in [3.05, 3.63) is 117 Å². The lowest BCUT2D eigenvalue weighted by Gasteiger charge is -2.26. The van der Waals surface area contributed by atoms with Crippen molar-refractivity contribution in [2.75, 3.05) is 0 Å². The number of ketones is 1. The normalized spacial score (nSPS) is 16.9. The number of benzene rings is 1. The van der Waals surface area contributed by atoms with Crippen molar-refractivity contribution >= 4 is 16.8 Å². The summed E-state index contributed by atoms with van der Waals surface area (Å²) in [6.07, 6.45) is 9.44. The number of pyridine rings is 1. The third kappa shape index (κ3) is 3.17. The molecule has 1 atom stereocenters. The molecule has 0 saturated carbocycles. The van der Waals surface area contributed by atoms with Gasteiger partial charge >= 0.3 is 5.63 Å². The summed E-state index contributed by atoms with van der Waals surface area (Å²) in [5, 5.41) is 22.7. The SMILES string of the molecule is O=C1CC2=C(CC=CC=C2)C(O)=C1C(c1ccccn1)c1c(O)c2ccccc2oc1=O. The number of aliphatic hydroxyl groups is 1. The van der Waals surface area contributed by atoms with Gasteiger partial charge in [-0.05, 0) is 36.3 Å². The van der Waals surface area contributed by atoms with E-state index < -0.39 is 11.5 Å². The van der Waals surface area contributed by atoms with Gasteiger partial charge in [-0.2, -0.15) is 0 Å². The highest BCUT2D eigenvalue weighted by atomic mass is 16.4. The molecule has 2 aliphatic carbocycles. The number of aliphatic hydroxyl groups excluding tert-OH is 1. The van der Waals surface area contributed by atoms with Gasteiger partial charge in [0.2, 0.25) is 0 Å². The van der Waals surface area contributed by atoms with Crippen molar-refractivity contribution in [3.8, 4) is 5.75 Å². The summed E-state index contributed by atoms with van der Waals surface area (Å²) in [6, 6.07) is 11.7. The highest BCUT2D eigenvalue weighted by molar-refractivity contribution is 6.02. The Morgan fingerprint density at radius 1 is 1.00 bits per heavy atom. The van der Waals surface area contributed by atoms with Crippen LogP contribution in [0.2, 0.25) is 0 Å². The molecule has 158 valence electrons. The first kappa shape index (κ1) is 19.8. The smallest absolute Gasteiger partial charge is 0.344 e. The van der Waals surface area contributed by atoms with E-state index in [0.29, 0.717) is 23.1 Å². The van der Waals surface area contributed by atoms with Crippen LogP contribution in [0.15, 0.2) is 105 Å². The molecule has 1 unspecified atom stereocenters. The van der Waals surface area contributed by atoms with E-state index in [2.05, 4.69) is 4.98 Å². The molecule has 0 spiro atoms. The second kappa shape index (κ2) is 7.81. The maximum absolute atomic E-state index is 13.3. The van der Waals surface area contributed by atoms with Gasteiger partial charge in [0.25, 0.3) is 0 Å². The molecule has 6 nitrogen and oxygen atoms in total. The number of aromatic hydroxyl groups is 1. The summed E-state index contributed by atoms with van der Waals surface area (Å²) in [5.74, 6) is -1.90. The molecular weight excluding hydrogens is 406 g/mol. The van der Waals surface area contributed by atoms with Gasteiger partial charge in [0.15, 0.2) is 5.78 Å². The molecule has 0 saturated heterocycles. The minimum absolute atomic E-state index is 0.0315. The minimum Gasteiger partial charge on any atom is -0.507 e. The number of carbonyl (C=O) groups excluding carboxylic acids is 1. The zero-order valence-corrected chi connectivity index (χ0v) is 17.0. The molecule has 0 aliphatic heterocycles. The first-order valence-corrected chi connectivity index (χ1v) is 10.2. The number of allylic oxidation sites excluding steroid dienone is 7. The molecule has 2 aliphatic rings.